The zero-order valence-corrected chi connectivity index (χ0v) is 18.0. The molecule has 6 rings (SSSR count). The molecule has 2 heterocycles. The number of likely N-dealkylation sites (tertiary alicyclic amines) is 1. The van der Waals surface area contributed by atoms with Gasteiger partial charge in [-0.3, -0.25) is 9.45 Å². The van der Waals surface area contributed by atoms with Crippen LogP contribution in [-0.4, -0.2) is 65.2 Å². The molecule has 8 heteroatoms. The molecule has 1 saturated heterocycles. The topological polar surface area (TPSA) is 107 Å². The fraction of sp³-hybridized carbons (Fsp3) is 0.636. The minimum atomic E-state index is -3.67. The van der Waals surface area contributed by atoms with Gasteiger partial charge in [0.2, 0.25) is 0 Å². The van der Waals surface area contributed by atoms with E-state index in [1.165, 1.54) is 18.4 Å². The van der Waals surface area contributed by atoms with E-state index in [4.69, 9.17) is 9.29 Å². The zero-order chi connectivity index (χ0) is 21.5. The summed E-state index contributed by atoms with van der Waals surface area (Å²) in [5, 5.41) is 22.5. The number of phenolic OH excluding ortho intramolecular Hbond substituents is 1. The first kappa shape index (κ1) is 20.3. The maximum Gasteiger partial charge on any atom is 0.261 e. The van der Waals surface area contributed by atoms with Gasteiger partial charge in [0.15, 0.2) is 11.5 Å². The van der Waals surface area contributed by atoms with Crippen molar-refractivity contribution in [1.29, 1.82) is 0 Å². The smallest absolute Gasteiger partial charge is 0.261 e. The van der Waals surface area contributed by atoms with Gasteiger partial charge in [-0.1, -0.05) is 12.6 Å². The van der Waals surface area contributed by atoms with Crippen molar-refractivity contribution in [3.8, 4) is 11.5 Å². The Morgan fingerprint density at radius 2 is 2.00 bits per heavy atom. The summed E-state index contributed by atoms with van der Waals surface area (Å²) in [6, 6.07) is 3.96. The van der Waals surface area contributed by atoms with Crippen LogP contribution < -0.4 is 4.74 Å². The van der Waals surface area contributed by atoms with E-state index in [1.54, 1.807) is 6.07 Å². The maximum absolute atomic E-state index is 12.1. The SMILES string of the molecule is C=C1CC[C@@]2(O)[C@H]3Cc4ccc(O)c5c4[C@@]2(CCN3CC2CC2)[C@H]1O5.CS(=O)(=O)O. The van der Waals surface area contributed by atoms with Crippen molar-refractivity contribution in [2.45, 2.75) is 61.7 Å². The lowest BCUT2D eigenvalue weighted by atomic mass is 9.48. The molecule has 0 unspecified atom stereocenters. The molecule has 3 aliphatic carbocycles. The van der Waals surface area contributed by atoms with E-state index in [9.17, 15) is 18.6 Å². The van der Waals surface area contributed by atoms with E-state index in [0.717, 1.165) is 55.8 Å². The van der Waals surface area contributed by atoms with Crippen molar-refractivity contribution >= 4 is 10.1 Å². The van der Waals surface area contributed by atoms with Crippen molar-refractivity contribution in [3.05, 3.63) is 35.4 Å². The first-order valence-electron chi connectivity index (χ1n) is 10.6. The van der Waals surface area contributed by atoms with E-state index in [0.29, 0.717) is 12.0 Å². The molecule has 4 atom stereocenters. The highest BCUT2D eigenvalue weighted by Crippen LogP contribution is 2.66. The Hall–Kier alpha value is -1.61. The minimum Gasteiger partial charge on any atom is -0.504 e. The van der Waals surface area contributed by atoms with E-state index >= 15 is 0 Å². The summed E-state index contributed by atoms with van der Waals surface area (Å²) in [6.45, 7) is 6.40. The summed E-state index contributed by atoms with van der Waals surface area (Å²) in [6.07, 6.45) is 6.50. The van der Waals surface area contributed by atoms with Gasteiger partial charge in [0.05, 0.1) is 17.3 Å². The van der Waals surface area contributed by atoms with Crippen LogP contribution in [0.1, 0.15) is 43.2 Å². The summed E-state index contributed by atoms with van der Waals surface area (Å²) in [4.78, 5) is 2.56. The summed E-state index contributed by atoms with van der Waals surface area (Å²) in [7, 11) is -3.67. The van der Waals surface area contributed by atoms with Gasteiger partial charge in [-0.15, -0.1) is 0 Å². The second-order valence-corrected chi connectivity index (χ2v) is 11.1. The Bertz CT molecular complexity index is 1010. The first-order chi connectivity index (χ1) is 14.0. The van der Waals surface area contributed by atoms with Gasteiger partial charge in [0, 0.05) is 18.2 Å². The third kappa shape index (κ3) is 2.84. The van der Waals surface area contributed by atoms with Crippen LogP contribution in [0.15, 0.2) is 24.3 Å². The summed E-state index contributed by atoms with van der Waals surface area (Å²) < 4.78 is 32.2. The van der Waals surface area contributed by atoms with E-state index < -0.39 is 21.1 Å². The number of benzene rings is 1. The minimum absolute atomic E-state index is 0.157. The van der Waals surface area contributed by atoms with E-state index in [-0.39, 0.29) is 17.9 Å². The number of nitrogens with zero attached hydrogens (tertiary/aromatic N) is 1. The van der Waals surface area contributed by atoms with Crippen molar-refractivity contribution in [3.63, 3.8) is 0 Å². The van der Waals surface area contributed by atoms with Crippen LogP contribution in [-0.2, 0) is 22.0 Å². The number of phenols is 1. The van der Waals surface area contributed by atoms with Crippen molar-refractivity contribution in [1.82, 2.24) is 4.90 Å². The molecule has 3 fully saturated rings. The van der Waals surface area contributed by atoms with Crippen molar-refractivity contribution in [2.75, 3.05) is 19.3 Å². The average molecular weight is 436 g/mol. The molecule has 0 aromatic heterocycles. The fourth-order valence-electron chi connectivity index (χ4n) is 6.39. The van der Waals surface area contributed by atoms with Crippen molar-refractivity contribution in [2.24, 2.45) is 5.92 Å². The largest absolute Gasteiger partial charge is 0.504 e. The highest BCUT2D eigenvalue weighted by atomic mass is 32.2. The van der Waals surface area contributed by atoms with Gasteiger partial charge < -0.3 is 14.9 Å². The molecule has 30 heavy (non-hydrogen) atoms. The lowest BCUT2D eigenvalue weighted by molar-refractivity contribution is -0.174. The lowest BCUT2D eigenvalue weighted by Crippen LogP contribution is -2.75. The molecule has 2 saturated carbocycles. The van der Waals surface area contributed by atoms with Gasteiger partial charge in [-0.25, -0.2) is 0 Å². The molecule has 1 aromatic rings. The third-order valence-corrected chi connectivity index (χ3v) is 7.71. The molecule has 2 bridgehead atoms. The number of aliphatic hydroxyl groups is 1. The fourth-order valence-corrected chi connectivity index (χ4v) is 6.39. The quantitative estimate of drug-likeness (QED) is 0.482. The van der Waals surface area contributed by atoms with Crippen LogP contribution in [0.2, 0.25) is 0 Å². The van der Waals surface area contributed by atoms with E-state index in [2.05, 4.69) is 11.5 Å². The van der Waals surface area contributed by atoms with Crippen LogP contribution in [0.3, 0.4) is 0 Å². The Kier molecular flexibility index (Phi) is 4.36. The molecule has 1 aromatic carbocycles. The molecule has 164 valence electrons. The first-order valence-corrected chi connectivity index (χ1v) is 12.5. The zero-order valence-electron chi connectivity index (χ0n) is 17.2. The van der Waals surface area contributed by atoms with Crippen LogP contribution >= 0.6 is 0 Å². The Balaban J connectivity index is 0.000000349. The highest BCUT2D eigenvalue weighted by Gasteiger charge is 2.71. The number of aromatic hydroxyl groups is 1. The number of piperidine rings is 1. The average Bonchev–Trinajstić information content (AvgIpc) is 3.38. The predicted octanol–water partition coefficient (Wildman–Crippen LogP) is 2.02. The molecule has 2 aliphatic heterocycles. The number of hydrogen-bond donors (Lipinski definition) is 3. The second-order valence-electron chi connectivity index (χ2n) is 9.64. The third-order valence-electron chi connectivity index (χ3n) is 7.71. The monoisotopic (exact) mass is 435 g/mol. The number of rotatable bonds is 2. The summed E-state index contributed by atoms with van der Waals surface area (Å²) in [5.41, 5.74) is 2.21. The van der Waals surface area contributed by atoms with Crippen LogP contribution in [0, 0.1) is 5.92 Å². The normalized spacial score (nSPS) is 36.4. The van der Waals surface area contributed by atoms with Gasteiger partial charge in [0.25, 0.3) is 10.1 Å². The van der Waals surface area contributed by atoms with Gasteiger partial charge in [0.1, 0.15) is 6.10 Å². The predicted molar refractivity (Wildman–Crippen MR) is 111 cm³/mol. The second kappa shape index (κ2) is 6.45. The Morgan fingerprint density at radius 1 is 1.30 bits per heavy atom. The number of hydrogen-bond acceptors (Lipinski definition) is 6. The molecular weight excluding hydrogens is 406 g/mol. The molecule has 1 spiro atoms. The van der Waals surface area contributed by atoms with Crippen molar-refractivity contribution < 1.29 is 27.9 Å². The van der Waals surface area contributed by atoms with E-state index in [1.807, 2.05) is 6.07 Å². The number of ether oxygens (including phenoxy) is 1. The summed E-state index contributed by atoms with van der Waals surface area (Å²) in [5.74, 6) is 1.64. The standard InChI is InChI=1S/C21H25NO3.CH4O3S/c1-12-6-7-21(24)16-10-14-4-5-15(23)18-17(14)20(21,19(12)25-18)8-9-22(16)11-13-2-3-13;1-5(2,3)4/h4-5,13,16,19,23-24H,1-3,6-11H2;1H3,(H,2,3,4)/t16-,19+,20+,21-;/m1./s1. The Morgan fingerprint density at radius 3 is 2.67 bits per heavy atom. The molecule has 5 aliphatic rings. The maximum atomic E-state index is 12.1. The molecular formula is C22H29NO6S. The molecule has 0 radical (unpaired) electrons. The van der Waals surface area contributed by atoms with Crippen LogP contribution in [0.5, 0.6) is 11.5 Å². The molecule has 3 N–H and O–H groups in total. The summed E-state index contributed by atoms with van der Waals surface area (Å²) >= 11 is 0. The van der Waals surface area contributed by atoms with Crippen LogP contribution in [0.4, 0.5) is 0 Å². The van der Waals surface area contributed by atoms with Gasteiger partial charge in [-0.05, 0) is 68.2 Å². The molecule has 7 nitrogen and oxygen atoms in total. The van der Waals surface area contributed by atoms with Gasteiger partial charge in [-0.2, -0.15) is 8.42 Å². The molecule has 0 amide bonds. The Labute approximate surface area is 177 Å². The lowest BCUT2D eigenvalue weighted by Gasteiger charge is -2.63. The highest BCUT2D eigenvalue weighted by molar-refractivity contribution is 7.85. The van der Waals surface area contributed by atoms with Crippen LogP contribution in [0.25, 0.3) is 0 Å². The van der Waals surface area contributed by atoms with Gasteiger partial charge >= 0.3 is 0 Å².